The van der Waals surface area contributed by atoms with Crippen molar-refractivity contribution in [1.82, 2.24) is 10.2 Å². The topological polar surface area (TPSA) is 57.1 Å². The summed E-state index contributed by atoms with van der Waals surface area (Å²) >= 11 is 3.45. The molecule has 0 bridgehead atoms. The Bertz CT molecular complexity index is 513. The van der Waals surface area contributed by atoms with Crippen LogP contribution in [0.3, 0.4) is 0 Å². The van der Waals surface area contributed by atoms with Crippen molar-refractivity contribution in [2.75, 3.05) is 33.4 Å². The van der Waals surface area contributed by atoms with E-state index < -0.39 is 5.60 Å². The van der Waals surface area contributed by atoms with Gasteiger partial charge in [0.25, 0.3) is 0 Å². The third kappa shape index (κ3) is 5.79. The van der Waals surface area contributed by atoms with Crippen molar-refractivity contribution < 1.29 is 9.84 Å². The van der Waals surface area contributed by atoms with Gasteiger partial charge < -0.3 is 20.1 Å². The highest BCUT2D eigenvalue weighted by molar-refractivity contribution is 9.10. The van der Waals surface area contributed by atoms with E-state index in [-0.39, 0.29) is 0 Å². The molecule has 23 heavy (non-hydrogen) atoms. The molecule has 2 N–H and O–H groups in total. The molecule has 1 fully saturated rings. The van der Waals surface area contributed by atoms with Crippen LogP contribution in [0.1, 0.15) is 25.3 Å². The first-order valence-electron chi connectivity index (χ1n) is 8.06. The summed E-state index contributed by atoms with van der Waals surface area (Å²) in [6.07, 6.45) is 1.29. The molecule has 0 atom stereocenters. The second-order valence-corrected chi connectivity index (χ2v) is 6.91. The summed E-state index contributed by atoms with van der Waals surface area (Å²) in [6.45, 7) is 5.23. The number of rotatable bonds is 5. The zero-order valence-corrected chi connectivity index (χ0v) is 15.5. The molecular weight excluding hydrogens is 358 g/mol. The van der Waals surface area contributed by atoms with Crippen LogP contribution in [0.5, 0.6) is 0 Å². The molecule has 6 heteroatoms. The maximum absolute atomic E-state index is 10.6. The second kappa shape index (κ2) is 8.66. The quantitative estimate of drug-likeness (QED) is 0.605. The van der Waals surface area contributed by atoms with E-state index >= 15 is 0 Å². The Hall–Kier alpha value is -1.11. The van der Waals surface area contributed by atoms with Gasteiger partial charge in [0.05, 0.1) is 12.1 Å². The Labute approximate surface area is 146 Å². The minimum Gasteiger partial charge on any atom is -0.388 e. The number of aliphatic imine (C=N–C) groups is 1. The molecule has 1 aromatic carbocycles. The first kappa shape index (κ1) is 18.2. The van der Waals surface area contributed by atoms with Crippen LogP contribution in [0, 0.1) is 0 Å². The van der Waals surface area contributed by atoms with Crippen LogP contribution in [-0.4, -0.2) is 54.9 Å². The normalized spacial score (nSPS) is 17.8. The van der Waals surface area contributed by atoms with Crippen LogP contribution < -0.4 is 5.32 Å². The molecule has 1 aromatic rings. The van der Waals surface area contributed by atoms with Gasteiger partial charge in [-0.1, -0.05) is 28.1 Å². The molecule has 0 aliphatic carbocycles. The van der Waals surface area contributed by atoms with Crippen molar-refractivity contribution in [3.63, 3.8) is 0 Å². The highest BCUT2D eigenvalue weighted by Crippen LogP contribution is 2.20. The van der Waals surface area contributed by atoms with Crippen LogP contribution in [0.2, 0.25) is 0 Å². The first-order valence-corrected chi connectivity index (χ1v) is 8.86. The Balaban J connectivity index is 2.00. The van der Waals surface area contributed by atoms with Crippen molar-refractivity contribution in [3.05, 3.63) is 34.3 Å². The Morgan fingerprint density at radius 1 is 1.35 bits per heavy atom. The van der Waals surface area contributed by atoms with Gasteiger partial charge in [-0.15, -0.1) is 0 Å². The Kier molecular flexibility index (Phi) is 6.87. The fourth-order valence-electron chi connectivity index (χ4n) is 2.54. The molecule has 0 saturated carbocycles. The number of hydrogen-bond acceptors (Lipinski definition) is 3. The standard InChI is InChI=1S/C17H26BrN3O2/c1-3-19-16(20-13-17(22)8-10-23-11-9-17)21(2)12-14-4-6-15(18)7-5-14/h4-7,22H,3,8-13H2,1-2H3,(H,19,20). The fourth-order valence-corrected chi connectivity index (χ4v) is 2.80. The zero-order valence-electron chi connectivity index (χ0n) is 13.9. The lowest BCUT2D eigenvalue weighted by atomic mass is 9.95. The summed E-state index contributed by atoms with van der Waals surface area (Å²) in [5.74, 6) is 0.815. The molecule has 0 unspecified atom stereocenters. The minimum atomic E-state index is -0.739. The van der Waals surface area contributed by atoms with E-state index in [1.54, 1.807) is 0 Å². The van der Waals surface area contributed by atoms with E-state index in [1.165, 1.54) is 5.56 Å². The number of guanidine groups is 1. The number of nitrogens with zero attached hydrogens (tertiary/aromatic N) is 2. The van der Waals surface area contributed by atoms with Gasteiger partial charge in [0.2, 0.25) is 0 Å². The summed E-state index contributed by atoms with van der Waals surface area (Å²) in [4.78, 5) is 6.72. The van der Waals surface area contributed by atoms with Crippen LogP contribution >= 0.6 is 15.9 Å². The third-order valence-electron chi connectivity index (χ3n) is 3.98. The van der Waals surface area contributed by atoms with Gasteiger partial charge in [-0.3, -0.25) is 4.99 Å². The number of benzene rings is 1. The lowest BCUT2D eigenvalue weighted by Gasteiger charge is -2.31. The summed E-state index contributed by atoms with van der Waals surface area (Å²) in [7, 11) is 2.01. The summed E-state index contributed by atoms with van der Waals surface area (Å²) in [5, 5.41) is 13.8. The van der Waals surface area contributed by atoms with E-state index in [0.29, 0.717) is 32.6 Å². The number of nitrogens with one attached hydrogen (secondary N) is 1. The molecule has 1 heterocycles. The molecule has 1 saturated heterocycles. The Morgan fingerprint density at radius 2 is 2.00 bits per heavy atom. The predicted octanol–water partition coefficient (Wildman–Crippen LogP) is 2.39. The zero-order chi connectivity index (χ0) is 16.7. The largest absolute Gasteiger partial charge is 0.388 e. The lowest BCUT2D eigenvalue weighted by molar-refractivity contribution is -0.0566. The molecule has 1 aliphatic rings. The fraction of sp³-hybridized carbons (Fsp3) is 0.588. The number of halogens is 1. The average Bonchev–Trinajstić information content (AvgIpc) is 2.54. The molecule has 0 radical (unpaired) electrons. The van der Waals surface area contributed by atoms with Crippen molar-refractivity contribution in [1.29, 1.82) is 0 Å². The highest BCUT2D eigenvalue weighted by Gasteiger charge is 2.29. The molecule has 0 spiro atoms. The molecule has 1 aliphatic heterocycles. The molecular formula is C17H26BrN3O2. The van der Waals surface area contributed by atoms with Crippen LogP contribution in [0.15, 0.2) is 33.7 Å². The van der Waals surface area contributed by atoms with Gasteiger partial charge in [-0.2, -0.15) is 0 Å². The number of aliphatic hydroxyl groups is 1. The highest BCUT2D eigenvalue weighted by atomic mass is 79.9. The van der Waals surface area contributed by atoms with Crippen molar-refractivity contribution in [2.24, 2.45) is 4.99 Å². The van der Waals surface area contributed by atoms with Crippen LogP contribution in [-0.2, 0) is 11.3 Å². The first-order chi connectivity index (χ1) is 11.0. The van der Waals surface area contributed by atoms with Crippen LogP contribution in [0.25, 0.3) is 0 Å². The maximum Gasteiger partial charge on any atom is 0.194 e. The summed E-state index contributed by atoms with van der Waals surface area (Å²) in [5.41, 5.74) is 0.475. The predicted molar refractivity (Wildman–Crippen MR) is 96.6 cm³/mol. The van der Waals surface area contributed by atoms with E-state index in [9.17, 15) is 5.11 Å². The van der Waals surface area contributed by atoms with Crippen LogP contribution in [0.4, 0.5) is 0 Å². The van der Waals surface area contributed by atoms with Gasteiger partial charge >= 0.3 is 0 Å². The molecule has 128 valence electrons. The molecule has 2 rings (SSSR count). The van der Waals surface area contributed by atoms with Gasteiger partial charge in [0.15, 0.2) is 5.96 Å². The van der Waals surface area contributed by atoms with Gasteiger partial charge in [0.1, 0.15) is 0 Å². The van der Waals surface area contributed by atoms with Gasteiger partial charge in [-0.25, -0.2) is 0 Å². The van der Waals surface area contributed by atoms with Gasteiger partial charge in [-0.05, 0) is 24.6 Å². The van der Waals surface area contributed by atoms with Gasteiger partial charge in [0, 0.05) is 50.7 Å². The summed E-state index contributed by atoms with van der Waals surface area (Å²) < 4.78 is 6.39. The van der Waals surface area contributed by atoms with Crippen molar-refractivity contribution in [2.45, 2.75) is 31.9 Å². The third-order valence-corrected chi connectivity index (χ3v) is 4.50. The molecule has 5 nitrogen and oxygen atoms in total. The number of hydrogen-bond donors (Lipinski definition) is 2. The van der Waals surface area contributed by atoms with E-state index in [2.05, 4.69) is 43.3 Å². The smallest absolute Gasteiger partial charge is 0.194 e. The van der Waals surface area contributed by atoms with E-state index in [0.717, 1.165) is 23.5 Å². The minimum absolute atomic E-state index is 0.406. The molecule has 0 aromatic heterocycles. The maximum atomic E-state index is 10.6. The lowest BCUT2D eigenvalue weighted by Crippen LogP contribution is -2.43. The van der Waals surface area contributed by atoms with E-state index in [4.69, 9.17) is 4.74 Å². The number of ether oxygens (including phenoxy) is 1. The van der Waals surface area contributed by atoms with E-state index in [1.807, 2.05) is 26.1 Å². The monoisotopic (exact) mass is 383 g/mol. The Morgan fingerprint density at radius 3 is 2.61 bits per heavy atom. The average molecular weight is 384 g/mol. The molecule has 0 amide bonds. The SMILES string of the molecule is CCNC(=NCC1(O)CCOCC1)N(C)Cc1ccc(Br)cc1. The van der Waals surface area contributed by atoms with Crippen molar-refractivity contribution in [3.8, 4) is 0 Å². The summed E-state index contributed by atoms with van der Waals surface area (Å²) in [6, 6.07) is 8.27. The second-order valence-electron chi connectivity index (χ2n) is 5.99. The van der Waals surface area contributed by atoms with Crippen molar-refractivity contribution >= 4 is 21.9 Å².